The monoisotopic (exact) mass is 264 g/mol. The van der Waals surface area contributed by atoms with Gasteiger partial charge in [-0.25, -0.2) is 8.78 Å². The zero-order valence-electron chi connectivity index (χ0n) is 9.61. The van der Waals surface area contributed by atoms with Crippen molar-refractivity contribution in [2.24, 2.45) is 0 Å². The molecule has 1 aromatic rings. The second-order valence-electron chi connectivity index (χ2n) is 3.42. The van der Waals surface area contributed by atoms with Crippen molar-refractivity contribution in [3.8, 4) is 0 Å². The van der Waals surface area contributed by atoms with Gasteiger partial charge in [-0.15, -0.1) is 10.2 Å². The van der Waals surface area contributed by atoms with Gasteiger partial charge in [0.05, 0.1) is 6.54 Å². The van der Waals surface area contributed by atoms with Crippen LogP contribution in [0.2, 0.25) is 0 Å². The highest BCUT2D eigenvalue weighted by atomic mass is 32.1. The van der Waals surface area contributed by atoms with E-state index in [1.807, 2.05) is 6.92 Å². The summed E-state index contributed by atoms with van der Waals surface area (Å²) in [7, 11) is 1.31. The minimum atomic E-state index is -2.55. The lowest BCUT2D eigenvalue weighted by atomic mass is 10.5. The topological polar surface area (TPSA) is 58.1 Å². The first-order valence-electron chi connectivity index (χ1n) is 5.15. The predicted molar refractivity (Wildman–Crippen MR) is 61.7 cm³/mol. The number of halogens is 2. The molecule has 1 rings (SSSR count). The van der Waals surface area contributed by atoms with E-state index in [0.29, 0.717) is 5.13 Å². The molecule has 0 saturated carbocycles. The smallest absolute Gasteiger partial charge is 0.284 e. The molecule has 0 bridgehead atoms. The van der Waals surface area contributed by atoms with Gasteiger partial charge in [-0.3, -0.25) is 4.79 Å². The average Bonchev–Trinajstić information content (AvgIpc) is 2.72. The molecule has 0 fully saturated rings. The van der Waals surface area contributed by atoms with Crippen LogP contribution in [0.5, 0.6) is 0 Å². The number of hydrogen-bond acceptors (Lipinski definition) is 5. The summed E-state index contributed by atoms with van der Waals surface area (Å²) in [5, 5.41) is 11.0. The number of amides is 1. The molecule has 0 saturated heterocycles. The Labute approximate surface area is 102 Å². The van der Waals surface area contributed by atoms with Crippen molar-refractivity contribution in [3.05, 3.63) is 5.01 Å². The minimum absolute atomic E-state index is 0.117. The van der Waals surface area contributed by atoms with E-state index in [9.17, 15) is 13.6 Å². The van der Waals surface area contributed by atoms with Gasteiger partial charge in [0.2, 0.25) is 10.1 Å². The third-order valence-corrected chi connectivity index (χ3v) is 2.76. The highest BCUT2D eigenvalue weighted by Crippen LogP contribution is 2.16. The van der Waals surface area contributed by atoms with Crippen LogP contribution in [0.1, 0.15) is 23.1 Å². The number of carbonyl (C=O) groups is 1. The van der Waals surface area contributed by atoms with Gasteiger partial charge in [0, 0.05) is 13.6 Å². The Bertz CT molecular complexity index is 372. The Morgan fingerprint density at radius 2 is 2.24 bits per heavy atom. The van der Waals surface area contributed by atoms with Gasteiger partial charge >= 0.3 is 0 Å². The molecule has 1 aromatic heterocycles. The Morgan fingerprint density at radius 1 is 1.53 bits per heavy atom. The maximum absolute atomic E-state index is 12.1. The molecule has 0 spiro atoms. The molecule has 0 radical (unpaired) electrons. The van der Waals surface area contributed by atoms with Crippen LogP contribution in [-0.2, 0) is 0 Å². The van der Waals surface area contributed by atoms with Crippen LogP contribution in [0.25, 0.3) is 0 Å². The summed E-state index contributed by atoms with van der Waals surface area (Å²) in [5.74, 6) is -0.535. The van der Waals surface area contributed by atoms with E-state index in [1.165, 1.54) is 7.05 Å². The first-order chi connectivity index (χ1) is 8.04. The molecular formula is C9H14F2N4OS. The number of aromatic nitrogens is 2. The summed E-state index contributed by atoms with van der Waals surface area (Å²) in [6, 6.07) is 0. The Balaban J connectivity index is 2.59. The fourth-order valence-electron chi connectivity index (χ4n) is 1.07. The molecular weight excluding hydrogens is 250 g/mol. The molecule has 1 heterocycles. The molecule has 1 N–H and O–H groups in total. The van der Waals surface area contributed by atoms with E-state index in [1.54, 1.807) is 0 Å². The van der Waals surface area contributed by atoms with Gasteiger partial charge in [0.1, 0.15) is 0 Å². The third-order valence-electron chi connectivity index (χ3n) is 1.89. The van der Waals surface area contributed by atoms with Crippen molar-refractivity contribution in [2.45, 2.75) is 19.8 Å². The van der Waals surface area contributed by atoms with Gasteiger partial charge < -0.3 is 10.2 Å². The molecule has 0 aliphatic heterocycles. The molecule has 0 aliphatic rings. The maximum Gasteiger partial charge on any atom is 0.284 e. The molecule has 1 amide bonds. The Kier molecular flexibility index (Phi) is 5.20. The van der Waals surface area contributed by atoms with E-state index in [2.05, 4.69) is 15.5 Å². The van der Waals surface area contributed by atoms with E-state index in [4.69, 9.17) is 0 Å². The molecule has 0 aliphatic carbocycles. The first kappa shape index (κ1) is 13.8. The number of hydrogen-bond donors (Lipinski definition) is 1. The normalized spacial score (nSPS) is 10.6. The summed E-state index contributed by atoms with van der Waals surface area (Å²) in [6.45, 7) is 2.13. The number of nitrogens with zero attached hydrogens (tertiary/aromatic N) is 3. The SMILES string of the molecule is CCCNc1nnc(C(=O)N(C)CC(F)F)s1. The average molecular weight is 264 g/mol. The largest absolute Gasteiger partial charge is 0.360 e. The summed E-state index contributed by atoms with van der Waals surface area (Å²) < 4.78 is 24.2. The first-order valence-corrected chi connectivity index (χ1v) is 5.97. The molecule has 0 atom stereocenters. The van der Waals surface area contributed by atoms with Crippen LogP contribution in [0, 0.1) is 0 Å². The zero-order valence-corrected chi connectivity index (χ0v) is 10.4. The molecule has 8 heteroatoms. The zero-order chi connectivity index (χ0) is 12.8. The van der Waals surface area contributed by atoms with E-state index in [0.717, 1.165) is 29.2 Å². The lowest BCUT2D eigenvalue weighted by Gasteiger charge is -2.13. The predicted octanol–water partition coefficient (Wildman–Crippen LogP) is 1.70. The molecule has 5 nitrogen and oxygen atoms in total. The highest BCUT2D eigenvalue weighted by molar-refractivity contribution is 7.17. The van der Waals surface area contributed by atoms with Crippen molar-refractivity contribution in [2.75, 3.05) is 25.5 Å². The number of rotatable bonds is 6. The number of carbonyl (C=O) groups excluding carboxylic acids is 1. The van der Waals surface area contributed by atoms with Crippen LogP contribution in [0.4, 0.5) is 13.9 Å². The van der Waals surface area contributed by atoms with Crippen LogP contribution in [-0.4, -0.2) is 47.6 Å². The van der Waals surface area contributed by atoms with Crippen molar-refractivity contribution >= 4 is 22.4 Å². The van der Waals surface area contributed by atoms with E-state index >= 15 is 0 Å². The molecule has 0 unspecified atom stereocenters. The van der Waals surface area contributed by atoms with Gasteiger partial charge in [-0.1, -0.05) is 18.3 Å². The molecule has 0 aromatic carbocycles. The van der Waals surface area contributed by atoms with Crippen LogP contribution in [0.15, 0.2) is 0 Å². The quantitative estimate of drug-likeness (QED) is 0.849. The van der Waals surface area contributed by atoms with Crippen molar-refractivity contribution in [1.29, 1.82) is 0 Å². The molecule has 96 valence electrons. The van der Waals surface area contributed by atoms with Crippen molar-refractivity contribution in [1.82, 2.24) is 15.1 Å². The standard InChI is InChI=1S/C9H14F2N4OS/c1-3-4-12-9-14-13-7(17-9)8(16)15(2)5-6(10)11/h6H,3-5H2,1-2H3,(H,12,14). The summed E-state index contributed by atoms with van der Waals surface area (Å²) in [6.07, 6.45) is -1.62. The Hall–Kier alpha value is -1.31. The highest BCUT2D eigenvalue weighted by Gasteiger charge is 2.19. The fourth-order valence-corrected chi connectivity index (χ4v) is 1.83. The van der Waals surface area contributed by atoms with Gasteiger partial charge in [0.25, 0.3) is 12.3 Å². The van der Waals surface area contributed by atoms with Crippen molar-refractivity contribution in [3.63, 3.8) is 0 Å². The lowest BCUT2D eigenvalue weighted by molar-refractivity contribution is 0.0619. The summed E-state index contributed by atoms with van der Waals surface area (Å²) >= 11 is 1.07. The number of nitrogens with one attached hydrogen (secondary N) is 1. The summed E-state index contributed by atoms with van der Waals surface area (Å²) in [5.41, 5.74) is 0. The van der Waals surface area contributed by atoms with Gasteiger partial charge in [0.15, 0.2) is 0 Å². The third kappa shape index (κ3) is 4.22. The van der Waals surface area contributed by atoms with Crippen LogP contribution >= 0.6 is 11.3 Å². The van der Waals surface area contributed by atoms with Crippen LogP contribution in [0.3, 0.4) is 0 Å². The lowest BCUT2D eigenvalue weighted by Crippen LogP contribution is -2.31. The van der Waals surface area contributed by atoms with Crippen molar-refractivity contribution < 1.29 is 13.6 Å². The molecule has 17 heavy (non-hydrogen) atoms. The van der Waals surface area contributed by atoms with E-state index < -0.39 is 18.9 Å². The van der Waals surface area contributed by atoms with Gasteiger partial charge in [-0.2, -0.15) is 0 Å². The second kappa shape index (κ2) is 6.43. The minimum Gasteiger partial charge on any atom is -0.360 e. The van der Waals surface area contributed by atoms with Crippen LogP contribution < -0.4 is 5.32 Å². The Morgan fingerprint density at radius 3 is 2.82 bits per heavy atom. The van der Waals surface area contributed by atoms with E-state index in [-0.39, 0.29) is 5.01 Å². The second-order valence-corrected chi connectivity index (χ2v) is 4.39. The summed E-state index contributed by atoms with van der Waals surface area (Å²) in [4.78, 5) is 12.6. The number of alkyl halides is 2. The van der Waals surface area contributed by atoms with Gasteiger partial charge in [-0.05, 0) is 6.42 Å². The maximum atomic E-state index is 12.1. The fraction of sp³-hybridized carbons (Fsp3) is 0.667. The number of anilines is 1.